The summed E-state index contributed by atoms with van der Waals surface area (Å²) < 4.78 is 23.8. The second kappa shape index (κ2) is 9.31. The molecule has 1 aromatic heterocycles. The second-order valence-electron chi connectivity index (χ2n) is 7.22. The Hall–Kier alpha value is -3.19. The first-order valence-corrected chi connectivity index (χ1v) is 10.9. The average molecular weight is 439 g/mol. The maximum absolute atomic E-state index is 13.3. The summed E-state index contributed by atoms with van der Waals surface area (Å²) in [7, 11) is 3.13. The number of anilines is 1. The van der Waals surface area contributed by atoms with E-state index in [9.17, 15) is 9.18 Å². The smallest absolute Gasteiger partial charge is 0.259 e. The molecule has 1 N–H and O–H groups in total. The summed E-state index contributed by atoms with van der Waals surface area (Å²) >= 11 is 1.56. The maximum Gasteiger partial charge on any atom is 0.259 e. The molecule has 0 spiro atoms. The zero-order valence-electron chi connectivity index (χ0n) is 17.4. The highest BCUT2D eigenvalue weighted by molar-refractivity contribution is 7.16. The second-order valence-corrected chi connectivity index (χ2v) is 8.30. The van der Waals surface area contributed by atoms with Gasteiger partial charge in [0.15, 0.2) is 0 Å². The SMILES string of the molecule is COc1ccc(NC(=O)c2c(/N=C/c3ccc(F)cc3)sc3c2CCCC3)c(OC)c1. The van der Waals surface area contributed by atoms with Crippen molar-refractivity contribution in [3.63, 3.8) is 0 Å². The van der Waals surface area contributed by atoms with Crippen molar-refractivity contribution >= 4 is 34.1 Å². The fraction of sp³-hybridized carbons (Fsp3) is 0.250. The van der Waals surface area contributed by atoms with Gasteiger partial charge in [0.05, 0.1) is 25.5 Å². The molecular weight excluding hydrogens is 415 g/mol. The number of nitrogens with zero attached hydrogens (tertiary/aromatic N) is 1. The van der Waals surface area contributed by atoms with Gasteiger partial charge in [-0.15, -0.1) is 11.3 Å². The van der Waals surface area contributed by atoms with Gasteiger partial charge < -0.3 is 14.8 Å². The van der Waals surface area contributed by atoms with Crippen LogP contribution in [0, 0.1) is 5.82 Å². The van der Waals surface area contributed by atoms with Crippen molar-refractivity contribution in [1.29, 1.82) is 0 Å². The molecule has 1 amide bonds. The molecule has 0 saturated heterocycles. The average Bonchev–Trinajstić information content (AvgIpc) is 3.17. The Balaban J connectivity index is 1.67. The minimum Gasteiger partial charge on any atom is -0.497 e. The highest BCUT2D eigenvalue weighted by Gasteiger charge is 2.26. The molecule has 1 aliphatic carbocycles. The molecule has 1 aliphatic rings. The first-order chi connectivity index (χ1) is 15.1. The number of fused-ring (bicyclic) bond motifs is 1. The van der Waals surface area contributed by atoms with Crippen molar-refractivity contribution in [3.8, 4) is 11.5 Å². The number of aliphatic imine (C=N–C) groups is 1. The van der Waals surface area contributed by atoms with Gasteiger partial charge in [-0.1, -0.05) is 12.1 Å². The molecule has 5 nitrogen and oxygen atoms in total. The predicted octanol–water partition coefficient (Wildman–Crippen LogP) is 5.79. The van der Waals surface area contributed by atoms with Crippen molar-refractivity contribution in [2.45, 2.75) is 25.7 Å². The van der Waals surface area contributed by atoms with E-state index >= 15 is 0 Å². The summed E-state index contributed by atoms with van der Waals surface area (Å²) in [5.74, 6) is 0.659. The molecule has 0 saturated carbocycles. The lowest BCUT2D eigenvalue weighted by Gasteiger charge is -2.14. The molecule has 0 unspecified atom stereocenters. The van der Waals surface area contributed by atoms with E-state index in [-0.39, 0.29) is 11.7 Å². The fourth-order valence-corrected chi connectivity index (χ4v) is 4.88. The summed E-state index contributed by atoms with van der Waals surface area (Å²) in [4.78, 5) is 19.1. The van der Waals surface area contributed by atoms with Crippen LogP contribution in [0.15, 0.2) is 47.5 Å². The first kappa shape index (κ1) is 21.1. The maximum atomic E-state index is 13.3. The van der Waals surface area contributed by atoms with Crippen LogP contribution in [0.1, 0.15) is 39.2 Å². The van der Waals surface area contributed by atoms with Gasteiger partial charge in [0.2, 0.25) is 0 Å². The van der Waals surface area contributed by atoms with Crippen LogP contribution in [0.25, 0.3) is 0 Å². The van der Waals surface area contributed by atoms with Gasteiger partial charge in [-0.25, -0.2) is 9.38 Å². The van der Waals surface area contributed by atoms with Crippen molar-refractivity contribution in [3.05, 3.63) is 69.8 Å². The Morgan fingerprint density at radius 3 is 2.61 bits per heavy atom. The summed E-state index contributed by atoms with van der Waals surface area (Å²) in [5, 5.41) is 3.64. The number of carbonyl (C=O) groups is 1. The van der Waals surface area contributed by atoms with Crippen LogP contribution in [-0.4, -0.2) is 26.3 Å². The van der Waals surface area contributed by atoms with Gasteiger partial charge in [0.25, 0.3) is 5.91 Å². The van der Waals surface area contributed by atoms with Gasteiger partial charge >= 0.3 is 0 Å². The molecule has 3 aromatic rings. The Bertz CT molecular complexity index is 1120. The monoisotopic (exact) mass is 438 g/mol. The van der Waals surface area contributed by atoms with Crippen molar-refractivity contribution in [1.82, 2.24) is 0 Å². The van der Waals surface area contributed by atoms with Gasteiger partial charge in [0.1, 0.15) is 22.3 Å². The Labute approximate surface area is 184 Å². The lowest BCUT2D eigenvalue weighted by atomic mass is 9.95. The summed E-state index contributed by atoms with van der Waals surface area (Å²) in [5.41, 5.74) is 3.02. The lowest BCUT2D eigenvalue weighted by molar-refractivity contribution is 0.102. The summed E-state index contributed by atoms with van der Waals surface area (Å²) in [6.07, 6.45) is 5.65. The fourth-order valence-electron chi connectivity index (χ4n) is 3.65. The van der Waals surface area contributed by atoms with Crippen LogP contribution < -0.4 is 14.8 Å². The predicted molar refractivity (Wildman–Crippen MR) is 122 cm³/mol. The van der Waals surface area contributed by atoms with Crippen LogP contribution in [0.5, 0.6) is 11.5 Å². The van der Waals surface area contributed by atoms with Crippen molar-refractivity contribution in [2.75, 3.05) is 19.5 Å². The molecule has 0 bridgehead atoms. The number of rotatable bonds is 6. The number of amides is 1. The minimum atomic E-state index is -0.294. The summed E-state index contributed by atoms with van der Waals surface area (Å²) in [6.45, 7) is 0. The zero-order chi connectivity index (χ0) is 21.8. The van der Waals surface area contributed by atoms with Crippen LogP contribution in [0.3, 0.4) is 0 Å². The van der Waals surface area contributed by atoms with E-state index in [2.05, 4.69) is 10.3 Å². The summed E-state index contributed by atoms with van der Waals surface area (Å²) in [6, 6.07) is 11.4. The molecule has 4 rings (SSSR count). The number of benzene rings is 2. The van der Waals surface area contributed by atoms with E-state index in [0.29, 0.717) is 27.8 Å². The molecule has 2 aromatic carbocycles. The number of hydrogen-bond acceptors (Lipinski definition) is 5. The van der Waals surface area contributed by atoms with E-state index in [1.54, 1.807) is 62.1 Å². The number of carbonyl (C=O) groups excluding carboxylic acids is 1. The molecular formula is C24H23FN2O3S. The van der Waals surface area contributed by atoms with Gasteiger partial charge in [-0.2, -0.15) is 0 Å². The number of thiophene rings is 1. The quantitative estimate of drug-likeness (QED) is 0.496. The first-order valence-electron chi connectivity index (χ1n) is 10.1. The number of aryl methyl sites for hydroxylation is 1. The third-order valence-corrected chi connectivity index (χ3v) is 6.44. The molecule has 160 valence electrons. The van der Waals surface area contributed by atoms with Crippen LogP contribution in [0.2, 0.25) is 0 Å². The van der Waals surface area contributed by atoms with E-state index < -0.39 is 0 Å². The van der Waals surface area contributed by atoms with Gasteiger partial charge in [-0.05, 0) is 61.1 Å². The van der Waals surface area contributed by atoms with Crippen LogP contribution in [-0.2, 0) is 12.8 Å². The Morgan fingerprint density at radius 2 is 1.87 bits per heavy atom. The number of ether oxygens (including phenoxy) is 2. The lowest BCUT2D eigenvalue weighted by Crippen LogP contribution is -2.15. The largest absolute Gasteiger partial charge is 0.497 e. The topological polar surface area (TPSA) is 59.9 Å². The normalized spacial score (nSPS) is 13.1. The molecule has 0 fully saturated rings. The van der Waals surface area contributed by atoms with E-state index in [1.165, 1.54) is 17.0 Å². The van der Waals surface area contributed by atoms with E-state index in [1.807, 2.05) is 0 Å². The van der Waals surface area contributed by atoms with Crippen LogP contribution >= 0.6 is 11.3 Å². The van der Waals surface area contributed by atoms with Crippen LogP contribution in [0.4, 0.5) is 15.1 Å². The highest BCUT2D eigenvalue weighted by atomic mass is 32.1. The van der Waals surface area contributed by atoms with Crippen molar-refractivity contribution < 1.29 is 18.7 Å². The van der Waals surface area contributed by atoms with Crippen molar-refractivity contribution in [2.24, 2.45) is 4.99 Å². The molecule has 0 aliphatic heterocycles. The van der Waals surface area contributed by atoms with E-state index in [4.69, 9.17) is 9.47 Å². The zero-order valence-corrected chi connectivity index (χ0v) is 18.2. The third kappa shape index (κ3) is 4.61. The minimum absolute atomic E-state index is 0.214. The molecule has 31 heavy (non-hydrogen) atoms. The van der Waals surface area contributed by atoms with Gasteiger partial charge in [-0.3, -0.25) is 4.79 Å². The standard InChI is InChI=1S/C24H23FN2O3S/c1-29-17-11-12-19(20(13-17)30-2)27-23(28)22-18-5-3-4-6-21(18)31-24(22)26-14-15-7-9-16(25)10-8-15/h7-14H,3-6H2,1-2H3,(H,27,28)/b26-14+. The highest BCUT2D eigenvalue weighted by Crippen LogP contribution is 2.40. The Kier molecular flexibility index (Phi) is 6.32. The third-order valence-electron chi connectivity index (χ3n) is 5.24. The number of hydrogen-bond donors (Lipinski definition) is 1. The van der Waals surface area contributed by atoms with Gasteiger partial charge in [0, 0.05) is 17.2 Å². The van der Waals surface area contributed by atoms with E-state index in [0.717, 1.165) is 36.8 Å². The molecule has 7 heteroatoms. The molecule has 0 atom stereocenters. The molecule has 1 heterocycles. The molecule has 0 radical (unpaired) electrons. The number of nitrogens with one attached hydrogen (secondary N) is 1. The Morgan fingerprint density at radius 1 is 1.10 bits per heavy atom. The number of halogens is 1. The number of methoxy groups -OCH3 is 2.